The predicted molar refractivity (Wildman–Crippen MR) is 78.5 cm³/mol. The van der Waals surface area contributed by atoms with Crippen LogP contribution in [0, 0.1) is 0 Å². The molecule has 0 spiro atoms. The number of hydrogen-bond acceptors (Lipinski definition) is 4. The topological polar surface area (TPSA) is 58.6 Å². The van der Waals surface area contributed by atoms with Crippen molar-refractivity contribution in [2.24, 2.45) is 0 Å². The first kappa shape index (κ1) is 14.1. The molecule has 0 saturated heterocycles. The van der Waals surface area contributed by atoms with Crippen LogP contribution in [0.4, 0.5) is 0 Å². The van der Waals surface area contributed by atoms with E-state index in [4.69, 9.17) is 4.74 Å². The van der Waals surface area contributed by atoms with Crippen molar-refractivity contribution in [2.45, 2.75) is 31.8 Å². The van der Waals surface area contributed by atoms with Gasteiger partial charge in [-0.1, -0.05) is 19.1 Å². The number of Topliss-reactive ketones (excluding diaryl/α,β-unsaturated/α-hetero) is 1. The summed E-state index contributed by atoms with van der Waals surface area (Å²) >= 11 is 0. The monoisotopic (exact) mass is 288 g/mol. The van der Waals surface area contributed by atoms with Crippen LogP contribution >= 0.6 is 0 Å². The number of benzene rings is 1. The lowest BCUT2D eigenvalue weighted by molar-refractivity contribution is -0.123. The van der Waals surface area contributed by atoms with Crippen LogP contribution < -0.4 is 10.1 Å². The van der Waals surface area contributed by atoms with Crippen LogP contribution in [0.1, 0.15) is 30.1 Å². The summed E-state index contributed by atoms with van der Waals surface area (Å²) in [5, 5.41) is 2.80. The average Bonchev–Trinajstić information content (AvgIpc) is 3.33. The molecule has 0 bridgehead atoms. The number of rotatable bonds is 5. The van der Waals surface area contributed by atoms with E-state index in [-0.39, 0.29) is 18.3 Å². The van der Waals surface area contributed by atoms with Gasteiger partial charge in [0.2, 0.25) is 5.91 Å². The van der Waals surface area contributed by atoms with E-state index in [1.165, 1.54) is 12.8 Å². The number of ether oxygens (including phenoxy) is 1. The van der Waals surface area contributed by atoms with Crippen molar-refractivity contribution in [1.82, 2.24) is 10.2 Å². The Balaban J connectivity index is 1.60. The maximum Gasteiger partial charge on any atom is 0.234 e. The van der Waals surface area contributed by atoms with Gasteiger partial charge in [-0.15, -0.1) is 0 Å². The third kappa shape index (κ3) is 3.08. The third-order valence-corrected chi connectivity index (χ3v) is 4.03. The van der Waals surface area contributed by atoms with E-state index in [2.05, 4.69) is 17.1 Å². The first-order valence-corrected chi connectivity index (χ1v) is 7.48. The zero-order valence-corrected chi connectivity index (χ0v) is 12.2. The molecule has 1 aliphatic heterocycles. The van der Waals surface area contributed by atoms with Crippen molar-refractivity contribution in [3.05, 3.63) is 29.8 Å². The summed E-state index contributed by atoms with van der Waals surface area (Å²) in [5.41, 5.74) is 0.545. The van der Waals surface area contributed by atoms with Crippen molar-refractivity contribution in [1.29, 1.82) is 0 Å². The lowest BCUT2D eigenvalue weighted by Crippen LogP contribution is -2.50. The van der Waals surface area contributed by atoms with E-state index in [0.717, 1.165) is 6.54 Å². The van der Waals surface area contributed by atoms with Gasteiger partial charge in [0.05, 0.1) is 12.1 Å². The summed E-state index contributed by atoms with van der Waals surface area (Å²) in [7, 11) is 0. The fourth-order valence-electron chi connectivity index (χ4n) is 2.70. The van der Waals surface area contributed by atoms with Crippen LogP contribution in [0.3, 0.4) is 0 Å². The van der Waals surface area contributed by atoms with Crippen molar-refractivity contribution < 1.29 is 14.3 Å². The van der Waals surface area contributed by atoms with Gasteiger partial charge in [-0.05, 0) is 31.5 Å². The second kappa shape index (κ2) is 5.85. The number of likely N-dealkylation sites (N-methyl/N-ethyl adjacent to an activating group) is 1. The van der Waals surface area contributed by atoms with Gasteiger partial charge in [0.25, 0.3) is 0 Å². The number of amides is 1. The highest BCUT2D eigenvalue weighted by Gasteiger charge is 2.32. The molecule has 0 aromatic heterocycles. The molecule has 5 heteroatoms. The SMILES string of the molecule is CCN(CC(=O)NC1COc2ccccc2C1=O)C1CC1. The molecule has 2 aliphatic rings. The van der Waals surface area contributed by atoms with Crippen molar-refractivity contribution in [2.75, 3.05) is 19.7 Å². The highest BCUT2D eigenvalue weighted by molar-refractivity contribution is 6.05. The molecule has 1 unspecified atom stereocenters. The second-order valence-electron chi connectivity index (χ2n) is 5.59. The first-order valence-electron chi connectivity index (χ1n) is 7.48. The summed E-state index contributed by atoms with van der Waals surface area (Å²) in [6, 6.07) is 7.11. The number of nitrogens with one attached hydrogen (secondary N) is 1. The predicted octanol–water partition coefficient (Wildman–Crippen LogP) is 1.23. The Bertz CT molecular complexity index is 554. The smallest absolute Gasteiger partial charge is 0.234 e. The molecule has 1 N–H and O–H groups in total. The van der Waals surface area contributed by atoms with Crippen LogP contribution in [-0.4, -0.2) is 48.4 Å². The standard InChI is InChI=1S/C16H20N2O3/c1-2-18(11-7-8-11)9-15(19)17-13-10-21-14-6-4-3-5-12(14)16(13)20/h3-6,11,13H,2,7-10H2,1H3,(H,17,19). The summed E-state index contributed by atoms with van der Waals surface area (Å²) in [6.07, 6.45) is 2.33. The van der Waals surface area contributed by atoms with Gasteiger partial charge in [0, 0.05) is 6.04 Å². The van der Waals surface area contributed by atoms with Crippen LogP contribution in [0.15, 0.2) is 24.3 Å². The maximum absolute atomic E-state index is 12.3. The minimum absolute atomic E-state index is 0.0697. The van der Waals surface area contributed by atoms with Gasteiger partial charge in [-0.3, -0.25) is 14.5 Å². The Hall–Kier alpha value is -1.88. The Kier molecular flexibility index (Phi) is 3.92. The second-order valence-corrected chi connectivity index (χ2v) is 5.59. The number of ketones is 1. The molecular formula is C16H20N2O3. The van der Waals surface area contributed by atoms with E-state index in [0.29, 0.717) is 23.9 Å². The number of nitrogens with zero attached hydrogens (tertiary/aromatic N) is 1. The molecule has 1 amide bonds. The number of hydrogen-bond donors (Lipinski definition) is 1. The van der Waals surface area contributed by atoms with E-state index in [1.807, 2.05) is 6.07 Å². The summed E-state index contributed by atoms with van der Waals surface area (Å²) in [6.45, 7) is 3.47. The Morgan fingerprint density at radius 2 is 2.14 bits per heavy atom. The number of fused-ring (bicyclic) bond motifs is 1. The number of carbonyl (C=O) groups excluding carboxylic acids is 2. The Morgan fingerprint density at radius 1 is 1.38 bits per heavy atom. The highest BCUT2D eigenvalue weighted by atomic mass is 16.5. The van der Waals surface area contributed by atoms with Gasteiger partial charge in [-0.25, -0.2) is 0 Å². The van der Waals surface area contributed by atoms with E-state index in [1.54, 1.807) is 18.2 Å². The average molecular weight is 288 g/mol. The minimum atomic E-state index is -0.578. The molecule has 1 aliphatic carbocycles. The molecule has 21 heavy (non-hydrogen) atoms. The Morgan fingerprint density at radius 3 is 2.86 bits per heavy atom. The van der Waals surface area contributed by atoms with Gasteiger partial charge < -0.3 is 10.1 Å². The van der Waals surface area contributed by atoms with Crippen LogP contribution in [-0.2, 0) is 4.79 Å². The van der Waals surface area contributed by atoms with Crippen LogP contribution in [0.5, 0.6) is 5.75 Å². The van der Waals surface area contributed by atoms with E-state index < -0.39 is 6.04 Å². The normalized spacial score (nSPS) is 20.9. The van der Waals surface area contributed by atoms with Crippen LogP contribution in [0.2, 0.25) is 0 Å². The summed E-state index contributed by atoms with van der Waals surface area (Å²) in [4.78, 5) is 26.6. The van der Waals surface area contributed by atoms with E-state index >= 15 is 0 Å². The lowest BCUT2D eigenvalue weighted by Gasteiger charge is -2.26. The molecule has 1 aromatic carbocycles. The molecule has 1 atom stereocenters. The van der Waals surface area contributed by atoms with Crippen molar-refractivity contribution >= 4 is 11.7 Å². The molecule has 3 rings (SSSR count). The third-order valence-electron chi connectivity index (χ3n) is 4.03. The Labute approximate surface area is 124 Å². The van der Waals surface area contributed by atoms with Gasteiger partial charge in [0.15, 0.2) is 5.78 Å². The zero-order valence-electron chi connectivity index (χ0n) is 12.2. The highest BCUT2D eigenvalue weighted by Crippen LogP contribution is 2.26. The molecule has 1 saturated carbocycles. The largest absolute Gasteiger partial charge is 0.490 e. The van der Waals surface area contributed by atoms with Gasteiger partial charge in [0.1, 0.15) is 18.4 Å². The summed E-state index contributed by atoms with van der Waals surface area (Å²) in [5.74, 6) is 0.422. The van der Waals surface area contributed by atoms with Gasteiger partial charge in [-0.2, -0.15) is 0 Å². The molecule has 5 nitrogen and oxygen atoms in total. The van der Waals surface area contributed by atoms with Crippen molar-refractivity contribution in [3.63, 3.8) is 0 Å². The van der Waals surface area contributed by atoms with Crippen LogP contribution in [0.25, 0.3) is 0 Å². The molecule has 0 radical (unpaired) electrons. The number of para-hydroxylation sites is 1. The molecule has 1 heterocycles. The fraction of sp³-hybridized carbons (Fsp3) is 0.500. The molecule has 1 aromatic rings. The summed E-state index contributed by atoms with van der Waals surface area (Å²) < 4.78 is 5.55. The van der Waals surface area contributed by atoms with E-state index in [9.17, 15) is 9.59 Å². The van der Waals surface area contributed by atoms with Gasteiger partial charge >= 0.3 is 0 Å². The quantitative estimate of drug-likeness (QED) is 0.885. The fourth-order valence-corrected chi connectivity index (χ4v) is 2.70. The minimum Gasteiger partial charge on any atom is -0.490 e. The maximum atomic E-state index is 12.3. The number of carbonyl (C=O) groups is 2. The van der Waals surface area contributed by atoms with Crippen molar-refractivity contribution in [3.8, 4) is 5.75 Å². The molecule has 1 fully saturated rings. The zero-order chi connectivity index (χ0) is 14.8. The molecule has 112 valence electrons. The first-order chi connectivity index (χ1) is 10.2. The molecular weight excluding hydrogens is 268 g/mol. The lowest BCUT2D eigenvalue weighted by atomic mass is 10.0.